The molecule has 1 atom stereocenters. The van der Waals surface area contributed by atoms with Crippen LogP contribution < -0.4 is 4.74 Å². The topological polar surface area (TPSA) is 72.6 Å². The Morgan fingerprint density at radius 2 is 1.86 bits per heavy atom. The van der Waals surface area contributed by atoms with E-state index in [2.05, 4.69) is 0 Å². The van der Waals surface area contributed by atoms with Crippen LogP contribution in [0.1, 0.15) is 54.3 Å². The zero-order chi connectivity index (χ0) is 25.3. The maximum absolute atomic E-state index is 12.9. The number of furan rings is 1. The summed E-state index contributed by atoms with van der Waals surface area (Å²) in [4.78, 5) is 16.8. The van der Waals surface area contributed by atoms with Crippen molar-refractivity contribution in [1.29, 1.82) is 0 Å². The number of benzene rings is 2. The molecule has 9 heteroatoms. The van der Waals surface area contributed by atoms with E-state index in [9.17, 15) is 18.0 Å². The van der Waals surface area contributed by atoms with Crippen LogP contribution in [0.15, 0.2) is 53.1 Å². The molecule has 0 fully saturated rings. The first kappa shape index (κ1) is 24.8. The Morgan fingerprint density at radius 3 is 2.49 bits per heavy atom. The van der Waals surface area contributed by atoms with Crippen molar-refractivity contribution in [3.8, 4) is 16.3 Å². The molecule has 0 radical (unpaired) electrons. The van der Waals surface area contributed by atoms with Crippen LogP contribution >= 0.6 is 11.3 Å². The number of rotatable bonds is 8. The van der Waals surface area contributed by atoms with Gasteiger partial charge < -0.3 is 14.3 Å². The smallest absolute Gasteiger partial charge is 0.416 e. The molecule has 0 saturated carbocycles. The van der Waals surface area contributed by atoms with Crippen molar-refractivity contribution >= 4 is 28.3 Å². The molecule has 2 aromatic heterocycles. The number of nitrogens with zero attached hydrogens (tertiary/aromatic N) is 1. The summed E-state index contributed by atoms with van der Waals surface area (Å²) in [5.41, 5.74) is 2.02. The zero-order valence-electron chi connectivity index (χ0n) is 19.3. The Kier molecular flexibility index (Phi) is 6.89. The lowest BCUT2D eigenvalue weighted by Gasteiger charge is -2.14. The van der Waals surface area contributed by atoms with Crippen molar-refractivity contribution in [2.75, 3.05) is 6.61 Å². The molecule has 0 aliphatic carbocycles. The molecule has 4 aromatic rings. The van der Waals surface area contributed by atoms with Crippen molar-refractivity contribution in [2.24, 2.45) is 0 Å². The molecule has 0 aliphatic heterocycles. The second-order valence-electron chi connectivity index (χ2n) is 8.70. The van der Waals surface area contributed by atoms with Gasteiger partial charge in [0.2, 0.25) is 0 Å². The van der Waals surface area contributed by atoms with Crippen molar-refractivity contribution < 1.29 is 32.2 Å². The molecule has 0 bridgehead atoms. The molecule has 0 spiro atoms. The largest absolute Gasteiger partial charge is 0.493 e. The summed E-state index contributed by atoms with van der Waals surface area (Å²) >= 11 is 1.46. The number of halogens is 3. The van der Waals surface area contributed by atoms with Crippen molar-refractivity contribution in [3.05, 3.63) is 70.4 Å². The molecule has 2 aromatic carbocycles. The number of carbonyl (C=O) groups is 1. The number of hydrogen-bond donors (Lipinski definition) is 1. The SMILES string of the molecule is CC(C)c1nc(-c2ccc(C(F)(F)F)cc2)sc1C(C)COc1ccc2c(CC(=O)O)coc2c1. The monoisotopic (exact) mass is 503 g/mol. The Morgan fingerprint density at radius 1 is 1.14 bits per heavy atom. The highest BCUT2D eigenvalue weighted by Gasteiger charge is 2.30. The van der Waals surface area contributed by atoms with E-state index in [0.29, 0.717) is 34.1 Å². The lowest BCUT2D eigenvalue weighted by Crippen LogP contribution is -2.08. The standard InChI is InChI=1S/C26H24F3NO4S/c1-14(2)23-24(35-25(30-23)16-4-6-18(7-5-16)26(27,28)29)15(3)12-33-19-8-9-20-17(10-22(31)32)13-34-21(20)11-19/h4-9,11,13-15H,10,12H2,1-3H3,(H,31,32). The fraction of sp³-hybridized carbons (Fsp3) is 0.308. The van der Waals surface area contributed by atoms with Crippen molar-refractivity contribution in [3.63, 3.8) is 0 Å². The van der Waals surface area contributed by atoms with E-state index in [4.69, 9.17) is 19.2 Å². The third kappa shape index (κ3) is 5.51. The summed E-state index contributed by atoms with van der Waals surface area (Å²) in [6, 6.07) is 10.3. The van der Waals surface area contributed by atoms with Crippen molar-refractivity contribution in [1.82, 2.24) is 4.98 Å². The van der Waals surface area contributed by atoms with E-state index >= 15 is 0 Å². The van der Waals surface area contributed by atoms with Crippen LogP contribution in [-0.4, -0.2) is 22.7 Å². The first-order chi connectivity index (χ1) is 16.5. The van der Waals surface area contributed by atoms with E-state index in [0.717, 1.165) is 28.1 Å². The normalized spacial score (nSPS) is 12.9. The summed E-state index contributed by atoms with van der Waals surface area (Å²) in [6.45, 7) is 6.44. The summed E-state index contributed by atoms with van der Waals surface area (Å²) in [5, 5.41) is 10.4. The van der Waals surface area contributed by atoms with Gasteiger partial charge in [-0.15, -0.1) is 11.3 Å². The van der Waals surface area contributed by atoms with Crippen LogP contribution in [0.2, 0.25) is 0 Å². The van der Waals surface area contributed by atoms with Gasteiger partial charge in [0.1, 0.15) is 16.3 Å². The number of ether oxygens (including phenoxy) is 1. The zero-order valence-corrected chi connectivity index (χ0v) is 20.2. The highest BCUT2D eigenvalue weighted by molar-refractivity contribution is 7.15. The number of alkyl halides is 3. The molecule has 5 nitrogen and oxygen atoms in total. The van der Waals surface area contributed by atoms with Gasteiger partial charge in [-0.25, -0.2) is 4.98 Å². The van der Waals surface area contributed by atoms with Crippen LogP contribution in [0.25, 0.3) is 21.5 Å². The molecular weight excluding hydrogens is 479 g/mol. The fourth-order valence-electron chi connectivity index (χ4n) is 3.79. The minimum absolute atomic E-state index is 0.0111. The third-order valence-electron chi connectivity index (χ3n) is 5.60. The summed E-state index contributed by atoms with van der Waals surface area (Å²) in [5.74, 6) is -0.204. The minimum Gasteiger partial charge on any atom is -0.493 e. The molecule has 1 unspecified atom stereocenters. The number of carboxylic acids is 1. The first-order valence-electron chi connectivity index (χ1n) is 11.1. The van der Waals surface area contributed by atoms with Gasteiger partial charge in [-0.2, -0.15) is 13.2 Å². The Hall–Kier alpha value is -3.33. The van der Waals surface area contributed by atoms with Gasteiger partial charge in [0.15, 0.2) is 0 Å². The van der Waals surface area contributed by atoms with Crippen LogP contribution in [-0.2, 0) is 17.4 Å². The molecular formula is C26H24F3NO4S. The average Bonchev–Trinajstić information content (AvgIpc) is 3.41. The van der Waals surface area contributed by atoms with Crippen LogP contribution in [0.5, 0.6) is 5.75 Å². The number of aromatic nitrogens is 1. The molecule has 0 aliphatic rings. The molecule has 35 heavy (non-hydrogen) atoms. The highest BCUT2D eigenvalue weighted by Crippen LogP contribution is 2.38. The Labute approximate surface area is 204 Å². The van der Waals surface area contributed by atoms with Crippen LogP contribution in [0, 0.1) is 0 Å². The van der Waals surface area contributed by atoms with Crippen LogP contribution in [0.4, 0.5) is 13.2 Å². The van der Waals surface area contributed by atoms with E-state index in [-0.39, 0.29) is 18.3 Å². The fourth-order valence-corrected chi connectivity index (χ4v) is 5.05. The van der Waals surface area contributed by atoms with E-state index in [1.807, 2.05) is 20.8 Å². The van der Waals surface area contributed by atoms with Gasteiger partial charge in [0, 0.05) is 33.4 Å². The predicted molar refractivity (Wildman–Crippen MR) is 128 cm³/mol. The molecule has 4 rings (SSSR count). The van der Waals surface area contributed by atoms with Gasteiger partial charge in [-0.1, -0.05) is 32.9 Å². The maximum Gasteiger partial charge on any atom is 0.416 e. The quantitative estimate of drug-likeness (QED) is 0.269. The molecule has 184 valence electrons. The number of aliphatic carboxylic acids is 1. The third-order valence-corrected chi connectivity index (χ3v) is 6.96. The Balaban J connectivity index is 1.51. The van der Waals surface area contributed by atoms with Gasteiger partial charge >= 0.3 is 12.1 Å². The minimum atomic E-state index is -4.38. The average molecular weight is 504 g/mol. The summed E-state index contributed by atoms with van der Waals surface area (Å²) < 4.78 is 50.2. The van der Waals surface area contributed by atoms with E-state index in [1.54, 1.807) is 18.2 Å². The molecule has 1 N–H and O–H groups in total. The summed E-state index contributed by atoms with van der Waals surface area (Å²) in [6.07, 6.45) is -3.05. The van der Waals surface area contributed by atoms with E-state index < -0.39 is 17.7 Å². The van der Waals surface area contributed by atoms with Gasteiger partial charge in [0.25, 0.3) is 0 Å². The second kappa shape index (κ2) is 9.73. The first-order valence-corrected chi connectivity index (χ1v) is 11.9. The van der Waals surface area contributed by atoms with Crippen molar-refractivity contribution in [2.45, 2.75) is 45.2 Å². The molecule has 0 amide bonds. The molecule has 2 heterocycles. The lowest BCUT2D eigenvalue weighted by molar-refractivity contribution is -0.138. The number of carboxylic acid groups (broad SMARTS) is 1. The maximum atomic E-state index is 12.9. The van der Waals surface area contributed by atoms with Gasteiger partial charge in [0.05, 0.1) is 30.5 Å². The highest BCUT2D eigenvalue weighted by atomic mass is 32.1. The Bertz CT molecular complexity index is 1340. The van der Waals surface area contributed by atoms with Gasteiger partial charge in [-0.3, -0.25) is 4.79 Å². The van der Waals surface area contributed by atoms with Crippen LogP contribution in [0.3, 0.4) is 0 Å². The number of hydrogen-bond acceptors (Lipinski definition) is 5. The summed E-state index contributed by atoms with van der Waals surface area (Å²) in [7, 11) is 0. The predicted octanol–water partition coefficient (Wildman–Crippen LogP) is 7.51. The number of fused-ring (bicyclic) bond motifs is 1. The van der Waals surface area contributed by atoms with Gasteiger partial charge in [-0.05, 0) is 30.2 Å². The number of thiazole rings is 1. The second-order valence-corrected chi connectivity index (χ2v) is 9.73. The van der Waals surface area contributed by atoms with E-state index in [1.165, 1.54) is 29.7 Å². The lowest BCUT2D eigenvalue weighted by atomic mass is 10.0. The molecule has 0 saturated heterocycles.